The molecule has 0 saturated carbocycles. The first-order chi connectivity index (χ1) is 13.8. The molecule has 2 heterocycles. The third-order valence-electron chi connectivity index (χ3n) is 4.91. The molecule has 0 saturated heterocycles. The van der Waals surface area contributed by atoms with Crippen molar-refractivity contribution in [3.63, 3.8) is 0 Å². The van der Waals surface area contributed by atoms with Crippen molar-refractivity contribution in [3.8, 4) is 5.75 Å². The molecule has 0 atom stereocenters. The largest absolute Gasteiger partial charge is 0.505 e. The van der Waals surface area contributed by atoms with Crippen molar-refractivity contribution >= 4 is 32.5 Å². The number of fused-ring (bicyclic) bond motifs is 2. The van der Waals surface area contributed by atoms with Gasteiger partial charge in [0.2, 0.25) is 10.0 Å². The number of nitrogens with zero attached hydrogens (tertiary/aromatic N) is 2. The lowest BCUT2D eigenvalue weighted by atomic mass is 10.0. The Morgan fingerprint density at radius 3 is 2.66 bits per heavy atom. The molecule has 150 valence electrons. The van der Waals surface area contributed by atoms with Crippen LogP contribution >= 0.6 is 0 Å². The normalized spacial score (nSPS) is 13.7. The quantitative estimate of drug-likeness (QED) is 0.624. The van der Waals surface area contributed by atoms with Crippen molar-refractivity contribution < 1.29 is 22.7 Å². The third-order valence-corrected chi connectivity index (χ3v) is 6.19. The minimum absolute atomic E-state index is 0.0880. The molecule has 0 radical (unpaired) electrons. The van der Waals surface area contributed by atoms with Gasteiger partial charge in [0.1, 0.15) is 17.1 Å². The zero-order valence-electron chi connectivity index (χ0n) is 15.5. The Hall–Kier alpha value is -3.20. The number of sulfonamides is 1. The van der Waals surface area contributed by atoms with E-state index in [1.165, 1.54) is 30.2 Å². The number of aromatic nitrogens is 1. The molecular formula is C20H18FN3O4S. The summed E-state index contributed by atoms with van der Waals surface area (Å²) in [6.45, 7) is 1.77. The van der Waals surface area contributed by atoms with Crippen LogP contribution in [0.15, 0.2) is 42.6 Å². The number of carbonyl (C=O) groups excluding carboxylic acids is 1. The molecule has 1 aliphatic rings. The first-order valence-electron chi connectivity index (χ1n) is 8.97. The number of benzene rings is 2. The summed E-state index contributed by atoms with van der Waals surface area (Å²) in [4.78, 5) is 18.8. The van der Waals surface area contributed by atoms with Gasteiger partial charge in [0.25, 0.3) is 5.91 Å². The number of halogens is 1. The highest BCUT2D eigenvalue weighted by molar-refractivity contribution is 7.92. The van der Waals surface area contributed by atoms with E-state index in [-0.39, 0.29) is 47.2 Å². The minimum atomic E-state index is -3.67. The monoisotopic (exact) mass is 415 g/mol. The lowest BCUT2D eigenvalue weighted by Crippen LogP contribution is -2.24. The van der Waals surface area contributed by atoms with Crippen LogP contribution < -0.4 is 4.72 Å². The molecule has 9 heteroatoms. The highest BCUT2D eigenvalue weighted by Crippen LogP contribution is 2.43. The molecule has 1 aromatic heterocycles. The number of hydrogen-bond acceptors (Lipinski definition) is 5. The van der Waals surface area contributed by atoms with Crippen LogP contribution in [-0.4, -0.2) is 35.1 Å². The Labute approximate surface area is 166 Å². The number of phenols is 1. The van der Waals surface area contributed by atoms with Gasteiger partial charge in [-0.1, -0.05) is 12.1 Å². The van der Waals surface area contributed by atoms with Gasteiger partial charge in [-0.25, -0.2) is 12.8 Å². The zero-order chi connectivity index (χ0) is 20.8. The molecule has 0 spiro atoms. The van der Waals surface area contributed by atoms with E-state index in [9.17, 15) is 22.7 Å². The van der Waals surface area contributed by atoms with Crippen molar-refractivity contribution in [3.05, 3.63) is 65.1 Å². The Morgan fingerprint density at radius 1 is 1.24 bits per heavy atom. The Bertz CT molecular complexity index is 1230. The zero-order valence-corrected chi connectivity index (χ0v) is 16.3. The van der Waals surface area contributed by atoms with Crippen LogP contribution in [0, 0.1) is 5.82 Å². The van der Waals surface area contributed by atoms with Gasteiger partial charge in [-0.05, 0) is 36.8 Å². The summed E-state index contributed by atoms with van der Waals surface area (Å²) >= 11 is 0. The molecule has 0 unspecified atom stereocenters. The molecule has 3 aromatic rings. The maximum Gasteiger partial charge on any atom is 0.257 e. The second kappa shape index (κ2) is 7.00. The third kappa shape index (κ3) is 3.38. The number of hydrogen-bond donors (Lipinski definition) is 2. The van der Waals surface area contributed by atoms with Gasteiger partial charge in [0, 0.05) is 23.7 Å². The second-order valence-electron chi connectivity index (χ2n) is 6.77. The van der Waals surface area contributed by atoms with Gasteiger partial charge < -0.3 is 10.0 Å². The predicted octanol–water partition coefficient (Wildman–Crippen LogP) is 3.00. The van der Waals surface area contributed by atoms with Crippen molar-refractivity contribution in [2.24, 2.45) is 0 Å². The SMILES string of the molecule is CCS(=O)(=O)Nc1c2c(c(O)c3ncccc13)CN(Cc1ccc(F)cc1)C2=O. The van der Waals surface area contributed by atoms with E-state index in [0.29, 0.717) is 16.5 Å². The van der Waals surface area contributed by atoms with Gasteiger partial charge in [-0.2, -0.15) is 0 Å². The molecule has 2 N–H and O–H groups in total. The van der Waals surface area contributed by atoms with E-state index in [4.69, 9.17) is 0 Å². The van der Waals surface area contributed by atoms with Crippen molar-refractivity contribution in [1.29, 1.82) is 0 Å². The smallest absolute Gasteiger partial charge is 0.257 e. The number of anilines is 1. The topological polar surface area (TPSA) is 99.6 Å². The highest BCUT2D eigenvalue weighted by atomic mass is 32.2. The summed E-state index contributed by atoms with van der Waals surface area (Å²) in [5, 5.41) is 11.1. The Balaban J connectivity index is 1.84. The first-order valence-corrected chi connectivity index (χ1v) is 10.6. The average Bonchev–Trinajstić information content (AvgIpc) is 3.03. The number of phenolic OH excluding ortho intramolecular Hbond substituents is 1. The first kappa shape index (κ1) is 19.1. The minimum Gasteiger partial charge on any atom is -0.505 e. The van der Waals surface area contributed by atoms with Crippen molar-refractivity contribution in [2.75, 3.05) is 10.5 Å². The average molecular weight is 415 g/mol. The fourth-order valence-corrected chi connectivity index (χ4v) is 4.09. The van der Waals surface area contributed by atoms with E-state index < -0.39 is 15.9 Å². The van der Waals surface area contributed by atoms with Crippen LogP contribution in [0.4, 0.5) is 10.1 Å². The molecular weight excluding hydrogens is 397 g/mol. The van der Waals surface area contributed by atoms with Crippen LogP contribution in [0.25, 0.3) is 10.9 Å². The predicted molar refractivity (Wildman–Crippen MR) is 106 cm³/mol. The van der Waals surface area contributed by atoms with E-state index in [0.717, 1.165) is 0 Å². The molecule has 7 nitrogen and oxygen atoms in total. The van der Waals surface area contributed by atoms with Gasteiger partial charge in [0.05, 0.1) is 23.5 Å². The lowest BCUT2D eigenvalue weighted by molar-refractivity contribution is 0.0767. The fraction of sp³-hybridized carbons (Fsp3) is 0.200. The van der Waals surface area contributed by atoms with E-state index in [1.54, 1.807) is 24.3 Å². The maximum absolute atomic E-state index is 13.2. The molecule has 1 amide bonds. The van der Waals surface area contributed by atoms with Crippen LogP contribution in [0.3, 0.4) is 0 Å². The number of nitrogens with one attached hydrogen (secondary N) is 1. The summed E-state index contributed by atoms with van der Waals surface area (Å²) in [5.74, 6) is -1.11. The van der Waals surface area contributed by atoms with Gasteiger partial charge >= 0.3 is 0 Å². The molecule has 4 rings (SSSR count). The lowest BCUT2D eigenvalue weighted by Gasteiger charge is -2.16. The number of amides is 1. The Kier molecular flexibility index (Phi) is 4.62. The van der Waals surface area contributed by atoms with E-state index >= 15 is 0 Å². The van der Waals surface area contributed by atoms with Crippen molar-refractivity contribution in [2.45, 2.75) is 20.0 Å². The number of carbonyl (C=O) groups is 1. The van der Waals surface area contributed by atoms with Gasteiger partial charge in [-0.3, -0.25) is 14.5 Å². The van der Waals surface area contributed by atoms with Gasteiger partial charge in [0.15, 0.2) is 0 Å². The van der Waals surface area contributed by atoms with E-state index in [2.05, 4.69) is 9.71 Å². The molecule has 0 aliphatic carbocycles. The second-order valence-corrected chi connectivity index (χ2v) is 8.78. The van der Waals surface area contributed by atoms with Crippen LogP contribution in [0.2, 0.25) is 0 Å². The summed E-state index contributed by atoms with van der Waals surface area (Å²) in [5.41, 5.74) is 1.48. The summed E-state index contributed by atoms with van der Waals surface area (Å²) in [6, 6.07) is 8.97. The van der Waals surface area contributed by atoms with Crippen LogP contribution in [0.1, 0.15) is 28.4 Å². The summed E-state index contributed by atoms with van der Waals surface area (Å²) in [6.07, 6.45) is 1.49. The Morgan fingerprint density at radius 2 is 1.97 bits per heavy atom. The molecule has 0 fully saturated rings. The van der Waals surface area contributed by atoms with Crippen LogP contribution in [-0.2, 0) is 23.1 Å². The molecule has 29 heavy (non-hydrogen) atoms. The van der Waals surface area contributed by atoms with Crippen LogP contribution in [0.5, 0.6) is 5.75 Å². The summed E-state index contributed by atoms with van der Waals surface area (Å²) in [7, 11) is -3.67. The maximum atomic E-state index is 13.2. The standard InChI is InChI=1S/C20H18FN3O4S/c1-2-29(27,28)23-17-14-4-3-9-22-18(14)19(25)15-11-24(20(26)16(15)17)10-12-5-7-13(21)8-6-12/h3-9,23,25H,2,10-11H2,1H3. The van der Waals surface area contributed by atoms with Gasteiger partial charge in [-0.15, -0.1) is 0 Å². The molecule has 2 aromatic carbocycles. The number of aromatic hydroxyl groups is 1. The molecule has 1 aliphatic heterocycles. The highest BCUT2D eigenvalue weighted by Gasteiger charge is 2.35. The van der Waals surface area contributed by atoms with Crippen molar-refractivity contribution in [1.82, 2.24) is 9.88 Å². The summed E-state index contributed by atoms with van der Waals surface area (Å²) < 4.78 is 40.2. The number of pyridine rings is 1. The molecule has 0 bridgehead atoms. The number of rotatable bonds is 5. The fourth-order valence-electron chi connectivity index (χ4n) is 3.42. The van der Waals surface area contributed by atoms with E-state index in [1.807, 2.05) is 0 Å².